The molecule has 0 N–H and O–H groups in total. The Balaban J connectivity index is 1.82. The van der Waals surface area contributed by atoms with E-state index in [0.29, 0.717) is 23.3 Å². The van der Waals surface area contributed by atoms with Crippen LogP contribution in [0.3, 0.4) is 0 Å². The highest BCUT2D eigenvalue weighted by Crippen LogP contribution is 2.47. The summed E-state index contributed by atoms with van der Waals surface area (Å²) in [5.74, 6) is 2.13. The summed E-state index contributed by atoms with van der Waals surface area (Å²) in [5, 5.41) is 0. The molecular formula is C22H22Br2N2O2. The minimum Gasteiger partial charge on any atom is -0.431 e. The summed E-state index contributed by atoms with van der Waals surface area (Å²) in [4.78, 5) is 9.70. The molecule has 1 aliphatic heterocycles. The molecule has 0 fully saturated rings. The lowest BCUT2D eigenvalue weighted by Gasteiger charge is -2.21. The fourth-order valence-electron chi connectivity index (χ4n) is 3.36. The van der Waals surface area contributed by atoms with Crippen LogP contribution in [0.5, 0.6) is 23.3 Å². The van der Waals surface area contributed by atoms with Gasteiger partial charge in [-0.05, 0) is 68.7 Å². The van der Waals surface area contributed by atoms with E-state index in [1.807, 2.05) is 12.1 Å². The minimum atomic E-state index is 0.430. The monoisotopic (exact) mass is 504 g/mol. The number of nitrogens with zero attached hydrogens (tertiary/aromatic N) is 2. The van der Waals surface area contributed by atoms with Crippen LogP contribution in [-0.2, 0) is 12.8 Å². The second-order valence-electron chi connectivity index (χ2n) is 7.04. The van der Waals surface area contributed by atoms with Crippen LogP contribution in [0.15, 0.2) is 33.2 Å². The standard InChI is InChI=1S/C22H22Br2N2O2/c1-3-5-7-13-9-10-14(8-6-4-2)20-19(13)25-21-22(26-20)28-18-12-16(24)15(23)11-17(18)27-21/h9-12H,3-8H2,1-2H3. The number of rotatable bonds is 6. The molecule has 0 saturated heterocycles. The van der Waals surface area contributed by atoms with Crippen LogP contribution in [0.1, 0.15) is 50.7 Å². The fraction of sp³-hybridized carbons (Fsp3) is 0.364. The number of hydrogen-bond acceptors (Lipinski definition) is 4. The third-order valence-electron chi connectivity index (χ3n) is 4.93. The van der Waals surface area contributed by atoms with Gasteiger partial charge in [-0.1, -0.05) is 38.8 Å². The zero-order valence-corrected chi connectivity index (χ0v) is 19.2. The van der Waals surface area contributed by atoms with Crippen molar-refractivity contribution in [3.63, 3.8) is 0 Å². The third-order valence-corrected chi connectivity index (χ3v) is 6.77. The lowest BCUT2D eigenvalue weighted by molar-refractivity contribution is 0.338. The Labute approximate surface area is 181 Å². The lowest BCUT2D eigenvalue weighted by Crippen LogP contribution is -2.06. The summed E-state index contributed by atoms with van der Waals surface area (Å²) >= 11 is 7.02. The topological polar surface area (TPSA) is 44.2 Å². The van der Waals surface area contributed by atoms with Gasteiger partial charge in [0.1, 0.15) is 0 Å². The first-order chi connectivity index (χ1) is 13.6. The molecule has 0 bridgehead atoms. The average molecular weight is 506 g/mol. The molecule has 2 heterocycles. The van der Waals surface area contributed by atoms with Crippen molar-refractivity contribution in [3.05, 3.63) is 44.3 Å². The van der Waals surface area contributed by atoms with Crippen molar-refractivity contribution in [1.29, 1.82) is 0 Å². The Morgan fingerprint density at radius 1 is 0.750 bits per heavy atom. The lowest BCUT2D eigenvalue weighted by atomic mass is 10.00. The molecule has 1 aliphatic rings. The quantitative estimate of drug-likeness (QED) is 0.269. The van der Waals surface area contributed by atoms with Crippen molar-refractivity contribution >= 4 is 42.9 Å². The van der Waals surface area contributed by atoms with Crippen molar-refractivity contribution < 1.29 is 9.47 Å². The van der Waals surface area contributed by atoms with E-state index in [-0.39, 0.29) is 0 Å². The first-order valence-electron chi connectivity index (χ1n) is 9.78. The molecule has 1 aromatic heterocycles. The summed E-state index contributed by atoms with van der Waals surface area (Å²) in [6, 6.07) is 8.17. The highest BCUT2D eigenvalue weighted by atomic mass is 79.9. The van der Waals surface area contributed by atoms with Gasteiger partial charge in [0, 0.05) is 21.1 Å². The first-order valence-corrected chi connectivity index (χ1v) is 11.4. The number of halogens is 2. The molecular weight excluding hydrogens is 484 g/mol. The van der Waals surface area contributed by atoms with Crippen LogP contribution in [0.4, 0.5) is 0 Å². The molecule has 6 heteroatoms. The smallest absolute Gasteiger partial charge is 0.284 e. The van der Waals surface area contributed by atoms with Crippen LogP contribution in [-0.4, -0.2) is 9.97 Å². The molecule has 3 aromatic rings. The van der Waals surface area contributed by atoms with Gasteiger partial charge < -0.3 is 9.47 Å². The molecule has 0 unspecified atom stereocenters. The highest BCUT2D eigenvalue weighted by Gasteiger charge is 2.25. The molecule has 0 amide bonds. The predicted octanol–water partition coefficient (Wildman–Crippen LogP) is 7.74. The van der Waals surface area contributed by atoms with E-state index in [0.717, 1.165) is 58.5 Å². The van der Waals surface area contributed by atoms with Gasteiger partial charge in [0.25, 0.3) is 11.8 Å². The van der Waals surface area contributed by atoms with Crippen LogP contribution >= 0.6 is 31.9 Å². The zero-order chi connectivity index (χ0) is 19.7. The summed E-state index contributed by atoms with van der Waals surface area (Å²) in [5.41, 5.74) is 4.31. The normalized spacial score (nSPS) is 12.3. The second kappa shape index (κ2) is 8.37. The largest absolute Gasteiger partial charge is 0.431 e. The Kier molecular flexibility index (Phi) is 5.88. The third kappa shape index (κ3) is 3.77. The maximum atomic E-state index is 6.05. The van der Waals surface area contributed by atoms with E-state index in [2.05, 4.69) is 57.8 Å². The number of aromatic nitrogens is 2. The van der Waals surface area contributed by atoms with E-state index < -0.39 is 0 Å². The van der Waals surface area contributed by atoms with Crippen LogP contribution in [0.2, 0.25) is 0 Å². The molecule has 0 aliphatic carbocycles. The summed E-state index contributed by atoms with van der Waals surface area (Å²) in [7, 11) is 0. The number of ether oxygens (including phenoxy) is 2. The molecule has 0 saturated carbocycles. The predicted molar refractivity (Wildman–Crippen MR) is 119 cm³/mol. The second-order valence-corrected chi connectivity index (χ2v) is 8.75. The molecule has 28 heavy (non-hydrogen) atoms. The van der Waals surface area contributed by atoms with Crippen LogP contribution in [0.25, 0.3) is 11.0 Å². The van der Waals surface area contributed by atoms with Gasteiger partial charge in [0.05, 0.1) is 11.0 Å². The van der Waals surface area contributed by atoms with Gasteiger partial charge in [0.2, 0.25) is 0 Å². The maximum absolute atomic E-state index is 6.05. The van der Waals surface area contributed by atoms with Crippen molar-refractivity contribution in [2.24, 2.45) is 0 Å². The minimum absolute atomic E-state index is 0.430. The van der Waals surface area contributed by atoms with Gasteiger partial charge in [0.15, 0.2) is 11.5 Å². The number of benzene rings is 2. The van der Waals surface area contributed by atoms with Crippen LogP contribution < -0.4 is 9.47 Å². The van der Waals surface area contributed by atoms with Gasteiger partial charge in [-0.2, -0.15) is 0 Å². The molecule has 4 rings (SSSR count). The Hall–Kier alpha value is -1.66. The maximum Gasteiger partial charge on any atom is 0.284 e. The number of fused-ring (bicyclic) bond motifs is 3. The molecule has 0 atom stereocenters. The Bertz CT molecular complexity index is 955. The molecule has 0 spiro atoms. The van der Waals surface area contributed by atoms with E-state index in [4.69, 9.17) is 19.4 Å². The Morgan fingerprint density at radius 2 is 1.18 bits per heavy atom. The summed E-state index contributed by atoms with van der Waals surface area (Å²) < 4.78 is 13.9. The summed E-state index contributed by atoms with van der Waals surface area (Å²) in [6.07, 6.45) is 6.53. The van der Waals surface area contributed by atoms with Crippen LogP contribution in [0, 0.1) is 0 Å². The molecule has 146 valence electrons. The van der Waals surface area contributed by atoms with Crippen molar-refractivity contribution in [3.8, 4) is 23.3 Å². The summed E-state index contributed by atoms with van der Waals surface area (Å²) in [6.45, 7) is 4.41. The average Bonchev–Trinajstić information content (AvgIpc) is 2.69. The first kappa shape index (κ1) is 19.6. The van der Waals surface area contributed by atoms with Crippen molar-refractivity contribution in [1.82, 2.24) is 9.97 Å². The van der Waals surface area contributed by atoms with Gasteiger partial charge in [-0.15, -0.1) is 0 Å². The van der Waals surface area contributed by atoms with Gasteiger partial charge in [-0.3, -0.25) is 0 Å². The van der Waals surface area contributed by atoms with Crippen molar-refractivity contribution in [2.75, 3.05) is 0 Å². The van der Waals surface area contributed by atoms with Crippen molar-refractivity contribution in [2.45, 2.75) is 52.4 Å². The molecule has 2 aromatic carbocycles. The van der Waals surface area contributed by atoms with Gasteiger partial charge >= 0.3 is 0 Å². The zero-order valence-electron chi connectivity index (χ0n) is 16.0. The number of aryl methyl sites for hydroxylation is 2. The Morgan fingerprint density at radius 3 is 1.57 bits per heavy atom. The molecule has 4 nitrogen and oxygen atoms in total. The fourth-order valence-corrected chi connectivity index (χ4v) is 4.01. The van der Waals surface area contributed by atoms with E-state index in [1.165, 1.54) is 11.1 Å². The molecule has 0 radical (unpaired) electrons. The highest BCUT2D eigenvalue weighted by molar-refractivity contribution is 9.13. The van der Waals surface area contributed by atoms with Gasteiger partial charge in [-0.25, -0.2) is 9.97 Å². The van der Waals surface area contributed by atoms with E-state index in [9.17, 15) is 0 Å². The number of hydrogen-bond donors (Lipinski definition) is 0. The SMILES string of the molecule is CCCCc1ccc(CCCC)c2nc3c(nc12)Oc1cc(Br)c(Br)cc1O3. The van der Waals surface area contributed by atoms with E-state index >= 15 is 0 Å². The van der Waals surface area contributed by atoms with E-state index in [1.54, 1.807) is 0 Å². The number of unbranched alkanes of at least 4 members (excludes halogenated alkanes) is 2.